The average Bonchev–Trinajstić information content (AvgIpc) is 2.07. The Morgan fingerprint density at radius 2 is 1.92 bits per heavy atom. The standard InChI is InChI=1S/C10H20N2/c1-5-8-10(4)9-11-12(6-2)7-3/h9H,4-8H2,1-3H3. The van der Waals surface area contributed by atoms with Crippen molar-refractivity contribution < 1.29 is 0 Å². The lowest BCUT2D eigenvalue weighted by Crippen LogP contribution is -2.15. The van der Waals surface area contributed by atoms with Gasteiger partial charge in [-0.25, -0.2) is 0 Å². The predicted molar refractivity (Wildman–Crippen MR) is 55.5 cm³/mol. The highest BCUT2D eigenvalue weighted by atomic mass is 15.4. The van der Waals surface area contributed by atoms with Gasteiger partial charge in [-0.3, -0.25) is 5.01 Å². The molecule has 0 saturated heterocycles. The lowest BCUT2D eigenvalue weighted by Gasteiger charge is -2.13. The highest BCUT2D eigenvalue weighted by Gasteiger charge is 1.91. The molecule has 0 fully saturated rings. The molecule has 0 aliphatic rings. The molecule has 0 aromatic carbocycles. The molecule has 0 rings (SSSR count). The van der Waals surface area contributed by atoms with Crippen LogP contribution >= 0.6 is 0 Å². The molecule has 12 heavy (non-hydrogen) atoms. The Labute approximate surface area is 76.0 Å². The molecular formula is C10H20N2. The molecule has 0 saturated carbocycles. The molecule has 0 amide bonds. The fraction of sp³-hybridized carbons (Fsp3) is 0.700. The molecule has 2 nitrogen and oxygen atoms in total. The van der Waals surface area contributed by atoms with E-state index in [0.717, 1.165) is 31.5 Å². The average molecular weight is 168 g/mol. The molecule has 0 heterocycles. The van der Waals surface area contributed by atoms with Gasteiger partial charge in [0.05, 0.1) is 0 Å². The molecular weight excluding hydrogens is 148 g/mol. The molecule has 0 aliphatic carbocycles. The number of rotatable bonds is 6. The van der Waals surface area contributed by atoms with E-state index in [0.29, 0.717) is 0 Å². The van der Waals surface area contributed by atoms with Gasteiger partial charge in [0.1, 0.15) is 0 Å². The zero-order chi connectivity index (χ0) is 9.40. The van der Waals surface area contributed by atoms with Crippen molar-refractivity contribution in [2.45, 2.75) is 33.6 Å². The third kappa shape index (κ3) is 4.94. The molecule has 0 aromatic heterocycles. The minimum absolute atomic E-state index is 0.965. The Bertz CT molecular complexity index is 146. The zero-order valence-corrected chi connectivity index (χ0v) is 8.51. The number of allylic oxidation sites excluding steroid dienone is 1. The summed E-state index contributed by atoms with van der Waals surface area (Å²) in [5, 5.41) is 6.30. The summed E-state index contributed by atoms with van der Waals surface area (Å²) in [5.41, 5.74) is 1.12. The van der Waals surface area contributed by atoms with Crippen molar-refractivity contribution in [3.63, 3.8) is 0 Å². The number of hydrazone groups is 1. The highest BCUT2D eigenvalue weighted by Crippen LogP contribution is 1.98. The molecule has 70 valence electrons. The van der Waals surface area contributed by atoms with Gasteiger partial charge in [-0.15, -0.1) is 0 Å². The summed E-state index contributed by atoms with van der Waals surface area (Å²) in [6.07, 6.45) is 4.06. The summed E-state index contributed by atoms with van der Waals surface area (Å²) < 4.78 is 0. The predicted octanol–water partition coefficient (Wildman–Crippen LogP) is 2.67. The van der Waals surface area contributed by atoms with Gasteiger partial charge in [0.15, 0.2) is 0 Å². The van der Waals surface area contributed by atoms with E-state index in [4.69, 9.17) is 0 Å². The Hall–Kier alpha value is -0.790. The smallest absolute Gasteiger partial charge is 0.0496 e. The van der Waals surface area contributed by atoms with Gasteiger partial charge >= 0.3 is 0 Å². The third-order valence-electron chi connectivity index (χ3n) is 1.70. The first-order valence-electron chi connectivity index (χ1n) is 4.71. The monoisotopic (exact) mass is 168 g/mol. The van der Waals surface area contributed by atoms with Crippen LogP contribution in [0, 0.1) is 0 Å². The molecule has 0 aliphatic heterocycles. The Kier molecular flexibility index (Phi) is 6.44. The third-order valence-corrected chi connectivity index (χ3v) is 1.70. The SMILES string of the molecule is C=C(C=NN(CC)CC)CCC. The van der Waals surface area contributed by atoms with Gasteiger partial charge in [0, 0.05) is 19.3 Å². The van der Waals surface area contributed by atoms with Crippen LogP contribution in [-0.2, 0) is 0 Å². The van der Waals surface area contributed by atoms with E-state index < -0.39 is 0 Å². The highest BCUT2D eigenvalue weighted by molar-refractivity contribution is 5.77. The fourth-order valence-corrected chi connectivity index (χ4v) is 0.936. The van der Waals surface area contributed by atoms with Gasteiger partial charge in [0.2, 0.25) is 0 Å². The van der Waals surface area contributed by atoms with E-state index in [1.807, 2.05) is 11.2 Å². The van der Waals surface area contributed by atoms with Gasteiger partial charge in [-0.1, -0.05) is 19.9 Å². The first-order valence-corrected chi connectivity index (χ1v) is 4.71. The Morgan fingerprint density at radius 1 is 1.33 bits per heavy atom. The van der Waals surface area contributed by atoms with Crippen molar-refractivity contribution in [3.8, 4) is 0 Å². The molecule has 0 aromatic rings. The molecule has 2 heteroatoms. The zero-order valence-electron chi connectivity index (χ0n) is 8.51. The molecule has 0 atom stereocenters. The Balaban J connectivity index is 3.78. The van der Waals surface area contributed by atoms with Gasteiger partial charge in [-0.2, -0.15) is 5.10 Å². The summed E-state index contributed by atoms with van der Waals surface area (Å²) in [7, 11) is 0. The van der Waals surface area contributed by atoms with E-state index in [1.165, 1.54) is 0 Å². The second kappa shape index (κ2) is 6.89. The number of hydrogen-bond donors (Lipinski definition) is 0. The van der Waals surface area contributed by atoms with E-state index in [9.17, 15) is 0 Å². The second-order valence-corrected chi connectivity index (χ2v) is 2.79. The van der Waals surface area contributed by atoms with E-state index in [2.05, 4.69) is 32.5 Å². The maximum atomic E-state index is 4.29. The van der Waals surface area contributed by atoms with Gasteiger partial charge < -0.3 is 0 Å². The number of hydrogen-bond acceptors (Lipinski definition) is 2. The first-order chi connectivity index (χ1) is 5.74. The van der Waals surface area contributed by atoms with E-state index in [-0.39, 0.29) is 0 Å². The summed E-state index contributed by atoms with van der Waals surface area (Å²) in [6.45, 7) is 12.2. The maximum absolute atomic E-state index is 4.29. The van der Waals surface area contributed by atoms with Crippen LogP contribution in [0.15, 0.2) is 17.3 Å². The van der Waals surface area contributed by atoms with Crippen LogP contribution in [0.25, 0.3) is 0 Å². The van der Waals surface area contributed by atoms with Crippen LogP contribution in [0.5, 0.6) is 0 Å². The minimum atomic E-state index is 0.965. The van der Waals surface area contributed by atoms with Crippen molar-refractivity contribution >= 4 is 6.21 Å². The summed E-state index contributed by atoms with van der Waals surface area (Å²) in [4.78, 5) is 0. The fourth-order valence-electron chi connectivity index (χ4n) is 0.936. The molecule has 0 N–H and O–H groups in total. The van der Waals surface area contributed by atoms with Gasteiger partial charge in [-0.05, 0) is 25.8 Å². The molecule has 0 radical (unpaired) electrons. The Morgan fingerprint density at radius 3 is 2.33 bits per heavy atom. The van der Waals surface area contributed by atoms with Crippen LogP contribution in [0.1, 0.15) is 33.6 Å². The van der Waals surface area contributed by atoms with Crippen LogP contribution < -0.4 is 0 Å². The lowest BCUT2D eigenvalue weighted by atomic mass is 10.2. The summed E-state index contributed by atoms with van der Waals surface area (Å²) in [5.74, 6) is 0. The summed E-state index contributed by atoms with van der Waals surface area (Å²) in [6, 6.07) is 0. The lowest BCUT2D eigenvalue weighted by molar-refractivity contribution is 0.323. The van der Waals surface area contributed by atoms with Crippen molar-refractivity contribution in [1.82, 2.24) is 5.01 Å². The second-order valence-electron chi connectivity index (χ2n) is 2.79. The van der Waals surface area contributed by atoms with Crippen LogP contribution in [-0.4, -0.2) is 24.3 Å². The van der Waals surface area contributed by atoms with Crippen molar-refractivity contribution in [3.05, 3.63) is 12.2 Å². The maximum Gasteiger partial charge on any atom is 0.0496 e. The van der Waals surface area contributed by atoms with Crippen molar-refractivity contribution in [1.29, 1.82) is 0 Å². The summed E-state index contributed by atoms with van der Waals surface area (Å²) >= 11 is 0. The van der Waals surface area contributed by atoms with Crippen molar-refractivity contribution in [2.75, 3.05) is 13.1 Å². The van der Waals surface area contributed by atoms with Crippen LogP contribution in [0.3, 0.4) is 0 Å². The van der Waals surface area contributed by atoms with E-state index >= 15 is 0 Å². The van der Waals surface area contributed by atoms with Crippen LogP contribution in [0.2, 0.25) is 0 Å². The first kappa shape index (κ1) is 11.2. The quantitative estimate of drug-likeness (QED) is 0.440. The molecule has 0 bridgehead atoms. The van der Waals surface area contributed by atoms with E-state index in [1.54, 1.807) is 0 Å². The molecule has 0 spiro atoms. The molecule has 0 unspecified atom stereocenters. The van der Waals surface area contributed by atoms with Crippen molar-refractivity contribution in [2.24, 2.45) is 5.10 Å². The number of nitrogens with zero attached hydrogens (tertiary/aromatic N) is 2. The normalized spacial score (nSPS) is 10.6. The minimum Gasteiger partial charge on any atom is -0.298 e. The topological polar surface area (TPSA) is 15.6 Å². The van der Waals surface area contributed by atoms with Crippen LogP contribution in [0.4, 0.5) is 0 Å². The largest absolute Gasteiger partial charge is 0.298 e. The van der Waals surface area contributed by atoms with Gasteiger partial charge in [0.25, 0.3) is 0 Å².